The summed E-state index contributed by atoms with van der Waals surface area (Å²) in [6.07, 6.45) is 10.2. The van der Waals surface area contributed by atoms with Crippen LogP contribution < -0.4 is 48.3 Å². The Labute approximate surface area is 551 Å². The zero-order chi connectivity index (χ0) is 67.9. The number of nitrogens with two attached hydrogens (primary N) is 1. The van der Waals surface area contributed by atoms with E-state index in [1.165, 1.54) is 29.9 Å². The largest absolute Gasteiger partial charge is 0.479 e. The fourth-order valence-corrected chi connectivity index (χ4v) is 12.7. The van der Waals surface area contributed by atoms with Crippen LogP contribution in [-0.4, -0.2) is 178 Å². The molecule has 8 aromatic rings. The highest BCUT2D eigenvalue weighted by atomic mass is 16.4. The number of aromatic amines is 4. The van der Waals surface area contributed by atoms with Crippen LogP contribution in [0.2, 0.25) is 0 Å². The van der Waals surface area contributed by atoms with Crippen LogP contribution in [0.15, 0.2) is 128 Å². The first-order chi connectivity index (χ1) is 46.4. The van der Waals surface area contributed by atoms with E-state index in [4.69, 9.17) is 5.73 Å². The third-order valence-corrected chi connectivity index (χ3v) is 18.0. The highest BCUT2D eigenvalue weighted by molar-refractivity contribution is 6.00. The fraction of sp³-hybridized carbons (Fsp3) is 0.382. The van der Waals surface area contributed by atoms with Crippen LogP contribution in [0.5, 0.6) is 0 Å². The summed E-state index contributed by atoms with van der Waals surface area (Å²) in [5.41, 5.74) is 8.45. The topological polar surface area (TPSA) is 426 Å². The van der Waals surface area contributed by atoms with Gasteiger partial charge in [-0.2, -0.15) is 0 Å². The number of aliphatic hydroxyl groups is 1. The Morgan fingerprint density at radius 1 is 0.604 bits per heavy atom. The standard InChI is InChI=1S/C68H80N16O12/c1-2-68(67(95)96)23-11-25-84(68)66(94)51(18-9-10-24-69)77-61(89)53(28-42-32-72-48-16-7-5-14-46(42)48)79-60(88)52(27-39-19-20-40-12-3-4-13-41(40)26-39)78-63(91)56(31-45-35-71-38-75-45)82-65(93)57(36-85)83-62(90)54(29-43-33-73-49-17-8-6-15-47(43)49)80-64(92)55(30-44-34-70-37-74-44)81-59(87)50-21-22-58(86)76-50/h3-8,12-17,19-20,26,32-35,37-38,50-57,72-73,85H,2,9-11,18,21-25,27-31,36,69H2,1H3,(H,70,74)(H,71,75)(H,76,86)(H,77,89)(H,78,91)(H,79,88)(H,80,92)(H,81,87)(H,82,93)(H,83,90)(H,95,96)/t50-,51-,52-,53-,54-,55-,56-,57-,68-/m0/s1. The highest BCUT2D eigenvalue weighted by Gasteiger charge is 2.50. The zero-order valence-electron chi connectivity index (χ0n) is 53.0. The van der Waals surface area contributed by atoms with Gasteiger partial charge in [0.1, 0.15) is 53.9 Å². The summed E-state index contributed by atoms with van der Waals surface area (Å²) in [6, 6.07) is 16.4. The van der Waals surface area contributed by atoms with Gasteiger partial charge >= 0.3 is 5.97 Å². The number of fused-ring (bicyclic) bond motifs is 3. The number of H-pyrrole nitrogens is 4. The van der Waals surface area contributed by atoms with Crippen LogP contribution >= 0.6 is 0 Å². The van der Waals surface area contributed by atoms with Gasteiger partial charge in [-0.1, -0.05) is 85.8 Å². The van der Waals surface area contributed by atoms with E-state index in [0.29, 0.717) is 59.3 Å². The van der Waals surface area contributed by atoms with Crippen molar-refractivity contribution in [3.63, 3.8) is 0 Å². The maximum Gasteiger partial charge on any atom is 0.329 e. The number of carbonyl (C=O) groups is 10. The lowest BCUT2D eigenvalue weighted by Crippen LogP contribution is -2.62. The molecule has 9 atom stereocenters. The first-order valence-electron chi connectivity index (χ1n) is 32.2. The normalized spacial score (nSPS) is 17.5. The minimum Gasteiger partial charge on any atom is -0.479 e. The number of hydrogen-bond donors (Lipinski definition) is 15. The molecule has 28 heteroatoms. The Morgan fingerprint density at radius 2 is 1.10 bits per heavy atom. The molecule has 9 amide bonds. The van der Waals surface area contributed by atoms with Gasteiger partial charge in [-0.3, -0.25) is 43.2 Å². The van der Waals surface area contributed by atoms with Gasteiger partial charge in [0.05, 0.1) is 19.3 Å². The Hall–Kier alpha value is -10.7. The van der Waals surface area contributed by atoms with E-state index in [1.807, 2.05) is 78.9 Å². The molecule has 10 rings (SSSR count). The Bertz CT molecular complexity index is 4090. The van der Waals surface area contributed by atoms with E-state index in [9.17, 15) is 43.8 Å². The first-order valence-corrected chi connectivity index (χ1v) is 32.2. The summed E-state index contributed by atoms with van der Waals surface area (Å²) in [4.78, 5) is 164. The second-order valence-corrected chi connectivity index (χ2v) is 24.4. The van der Waals surface area contributed by atoms with Gasteiger partial charge < -0.3 is 83.3 Å². The summed E-state index contributed by atoms with van der Waals surface area (Å²) in [6.45, 7) is 1.13. The molecule has 2 saturated heterocycles. The van der Waals surface area contributed by atoms with Gasteiger partial charge in [-0.25, -0.2) is 14.8 Å². The van der Waals surface area contributed by atoms with Gasteiger partial charge in [-0.15, -0.1) is 0 Å². The molecule has 28 nitrogen and oxygen atoms in total. The van der Waals surface area contributed by atoms with E-state index in [2.05, 4.69) is 72.4 Å². The number of unbranched alkanes of at least 4 members (excludes halogenated alkanes) is 1. The number of rotatable bonds is 32. The number of nitrogens with one attached hydrogen (secondary N) is 12. The van der Waals surface area contributed by atoms with Gasteiger partial charge in [0.2, 0.25) is 53.2 Å². The Kier molecular flexibility index (Phi) is 22.3. The Morgan fingerprint density at radius 3 is 1.61 bits per heavy atom. The third kappa shape index (κ3) is 16.4. The monoisotopic (exact) mass is 1310 g/mol. The molecule has 0 radical (unpaired) electrons. The lowest BCUT2D eigenvalue weighted by Gasteiger charge is -2.36. The van der Waals surface area contributed by atoms with Crippen LogP contribution in [-0.2, 0) is 80.0 Å². The predicted octanol–water partition coefficient (Wildman–Crippen LogP) is 1.41. The molecule has 504 valence electrons. The second-order valence-electron chi connectivity index (χ2n) is 24.4. The van der Waals surface area contributed by atoms with E-state index in [0.717, 1.165) is 27.2 Å². The predicted molar refractivity (Wildman–Crippen MR) is 353 cm³/mol. The number of carbonyl (C=O) groups excluding carboxylic acids is 9. The molecule has 0 aliphatic carbocycles. The van der Waals surface area contributed by atoms with Crippen LogP contribution in [0.3, 0.4) is 0 Å². The Balaban J connectivity index is 0.925. The molecule has 0 bridgehead atoms. The number of likely N-dealkylation sites (tertiary alicyclic amines) is 1. The summed E-state index contributed by atoms with van der Waals surface area (Å²) in [7, 11) is 0. The number of amides is 9. The summed E-state index contributed by atoms with van der Waals surface area (Å²) in [5, 5.41) is 46.5. The van der Waals surface area contributed by atoms with Crippen molar-refractivity contribution in [1.82, 2.24) is 77.3 Å². The van der Waals surface area contributed by atoms with Crippen molar-refractivity contribution < 1.29 is 58.2 Å². The number of aromatic nitrogens is 6. The molecule has 2 aliphatic heterocycles. The number of hydrogen-bond acceptors (Lipinski definition) is 14. The number of aliphatic carboxylic acids is 1. The van der Waals surface area contributed by atoms with E-state index >= 15 is 14.4 Å². The van der Waals surface area contributed by atoms with Gasteiger partial charge in [0.25, 0.3) is 0 Å². The van der Waals surface area contributed by atoms with Crippen molar-refractivity contribution >= 4 is 91.7 Å². The number of para-hydroxylation sites is 2. The molecule has 4 aromatic carbocycles. The molecular formula is C68H80N16O12. The van der Waals surface area contributed by atoms with Crippen LogP contribution in [0.25, 0.3) is 32.6 Å². The molecule has 4 aromatic heterocycles. The van der Waals surface area contributed by atoms with E-state index < -0.39 is 114 Å². The summed E-state index contributed by atoms with van der Waals surface area (Å²) in [5.74, 6) is -8.04. The number of benzene rings is 4. The fourth-order valence-electron chi connectivity index (χ4n) is 12.7. The van der Waals surface area contributed by atoms with Gasteiger partial charge in [0, 0.05) is 103 Å². The third-order valence-electron chi connectivity index (χ3n) is 18.0. The van der Waals surface area contributed by atoms with Crippen LogP contribution in [0.1, 0.15) is 86.4 Å². The quantitative estimate of drug-likeness (QED) is 0.0265. The molecule has 16 N–H and O–H groups in total. The van der Waals surface area contributed by atoms with Gasteiger partial charge in [-0.05, 0) is 91.1 Å². The average molecular weight is 1310 g/mol. The van der Waals surface area contributed by atoms with E-state index in [1.54, 1.807) is 31.5 Å². The summed E-state index contributed by atoms with van der Waals surface area (Å²) < 4.78 is 0. The van der Waals surface area contributed by atoms with Crippen molar-refractivity contribution in [2.24, 2.45) is 5.73 Å². The molecular weight excluding hydrogens is 1230 g/mol. The van der Waals surface area contributed by atoms with Crippen molar-refractivity contribution in [3.8, 4) is 0 Å². The van der Waals surface area contributed by atoms with Crippen molar-refractivity contribution in [3.05, 3.63) is 157 Å². The van der Waals surface area contributed by atoms with Crippen LogP contribution in [0, 0.1) is 0 Å². The number of carboxylic acids is 1. The summed E-state index contributed by atoms with van der Waals surface area (Å²) >= 11 is 0. The molecule has 0 saturated carbocycles. The maximum atomic E-state index is 15.4. The average Bonchev–Trinajstić information content (AvgIpc) is 1.61. The zero-order valence-corrected chi connectivity index (χ0v) is 53.0. The first kappa shape index (κ1) is 68.1. The number of imidazole rings is 2. The van der Waals surface area contributed by atoms with E-state index in [-0.39, 0.29) is 76.7 Å². The molecule has 0 unspecified atom stereocenters. The minimum absolute atomic E-state index is 0.108. The molecule has 2 aliphatic rings. The molecule has 6 heterocycles. The molecule has 2 fully saturated rings. The van der Waals surface area contributed by atoms with Crippen LogP contribution in [0.4, 0.5) is 0 Å². The van der Waals surface area contributed by atoms with Crippen molar-refractivity contribution in [2.75, 3.05) is 19.7 Å². The number of aliphatic hydroxyl groups excluding tert-OH is 1. The smallest absolute Gasteiger partial charge is 0.329 e. The second kappa shape index (κ2) is 31.5. The number of carboxylic acid groups (broad SMARTS) is 1. The van der Waals surface area contributed by atoms with Crippen molar-refractivity contribution in [2.45, 2.75) is 144 Å². The molecule has 96 heavy (non-hydrogen) atoms. The minimum atomic E-state index is -1.78. The van der Waals surface area contributed by atoms with Crippen molar-refractivity contribution in [1.29, 1.82) is 0 Å². The lowest BCUT2D eigenvalue weighted by molar-refractivity contribution is -0.158. The SMILES string of the molecule is CC[C@@]1(C(=O)O)CCCN1C(=O)[C@H](CCCCN)NC(=O)[C@H](Cc1c[nH]c2ccccc12)NC(=O)[C@H](Cc1ccc2ccccc2c1)NC(=O)[C@H](Cc1cnc[nH]1)NC(=O)[C@H](CO)NC(=O)[C@H](Cc1c[nH]c2ccccc12)NC(=O)[C@H](Cc1cnc[nH]1)NC(=O)[C@@H]1CCC(=O)N1. The molecule has 0 spiro atoms. The van der Waals surface area contributed by atoms with Gasteiger partial charge in [0.15, 0.2) is 0 Å². The lowest BCUT2D eigenvalue weighted by atomic mass is 9.92. The maximum absolute atomic E-state index is 15.4. The highest BCUT2D eigenvalue weighted by Crippen LogP contribution is 2.34. The number of nitrogens with zero attached hydrogens (tertiary/aromatic N) is 3.